The van der Waals surface area contributed by atoms with Crippen molar-refractivity contribution < 1.29 is 14.3 Å². The average Bonchev–Trinajstić information content (AvgIpc) is 2.69. The molecule has 0 aliphatic heterocycles. The van der Waals surface area contributed by atoms with Crippen LogP contribution in [-0.2, 0) is 26.1 Å². The molecule has 1 rings (SSSR count). The van der Waals surface area contributed by atoms with Gasteiger partial charge in [-0.15, -0.1) is 0 Å². The highest BCUT2D eigenvalue weighted by Gasteiger charge is 2.40. The summed E-state index contributed by atoms with van der Waals surface area (Å²) in [5.41, 5.74) is -2.60. The Labute approximate surface area is 185 Å². The third kappa shape index (κ3) is 6.68. The maximum atomic E-state index is 12.9. The first-order valence-electron chi connectivity index (χ1n) is 10.4. The third-order valence-electron chi connectivity index (χ3n) is 4.86. The zero-order chi connectivity index (χ0) is 21.2. The number of unbranched alkanes of at least 4 members (excludes halogenated alkanes) is 1. The van der Waals surface area contributed by atoms with Crippen LogP contribution in [0.5, 0.6) is 0 Å². The molecule has 1 saturated carbocycles. The van der Waals surface area contributed by atoms with E-state index in [-0.39, 0.29) is 6.61 Å². The van der Waals surface area contributed by atoms with Crippen molar-refractivity contribution in [2.75, 3.05) is 25.4 Å². The fourth-order valence-electron chi connectivity index (χ4n) is 3.35. The topological polar surface area (TPSA) is 49.9 Å². The van der Waals surface area contributed by atoms with Crippen molar-refractivity contribution in [3.63, 3.8) is 0 Å². The van der Waals surface area contributed by atoms with Gasteiger partial charge in [-0.05, 0) is 51.8 Å². The number of amides is 1. The van der Waals surface area contributed by atoms with Crippen LogP contribution in [0.15, 0.2) is 0 Å². The molecule has 0 radical (unpaired) electrons. The van der Waals surface area contributed by atoms with Crippen LogP contribution in [0.2, 0.25) is 0 Å². The van der Waals surface area contributed by atoms with Crippen LogP contribution in [0, 0.1) is 5.92 Å². The maximum Gasteiger partial charge on any atom is 0.397 e. The molecule has 1 aliphatic rings. The van der Waals surface area contributed by atoms with E-state index in [1.165, 1.54) is 19.3 Å². The van der Waals surface area contributed by atoms with Gasteiger partial charge in [-0.1, -0.05) is 56.2 Å². The average molecular weight is 467 g/mol. The molecule has 0 aromatic heterocycles. The van der Waals surface area contributed by atoms with Gasteiger partial charge in [0.1, 0.15) is 0 Å². The molecule has 0 aromatic carbocycles. The Morgan fingerprint density at radius 3 is 2.18 bits per heavy atom. The van der Waals surface area contributed by atoms with Crippen LogP contribution in [-0.4, -0.2) is 51.7 Å². The highest BCUT2D eigenvalue weighted by molar-refractivity contribution is 8.69. The summed E-state index contributed by atoms with van der Waals surface area (Å²) in [6.07, 6.45) is 7.87. The molecule has 162 valence electrons. The van der Waals surface area contributed by atoms with Gasteiger partial charge in [0.2, 0.25) is 0 Å². The fraction of sp³-hybridized carbons (Fsp3) is 0.842. The summed E-state index contributed by atoms with van der Waals surface area (Å²) in [5.74, 6) is -0.269. The summed E-state index contributed by atoms with van der Waals surface area (Å²) in [4.78, 5) is 26.0. The lowest BCUT2D eigenvalue weighted by atomic mass is 9.89. The first-order valence-corrected chi connectivity index (χ1v) is 15.1. The van der Waals surface area contributed by atoms with Crippen molar-refractivity contribution in [3.8, 4) is 0 Å². The monoisotopic (exact) mass is 466 g/mol. The zero-order valence-electron chi connectivity index (χ0n) is 17.6. The lowest BCUT2D eigenvalue weighted by Crippen LogP contribution is -2.42. The van der Waals surface area contributed by atoms with E-state index in [1.807, 2.05) is 13.8 Å². The molecule has 1 atom stereocenters. The minimum absolute atomic E-state index is 0.173. The van der Waals surface area contributed by atoms with Gasteiger partial charge in [0.05, 0.1) is 11.6 Å². The van der Waals surface area contributed by atoms with Gasteiger partial charge in [-0.25, -0.2) is 4.79 Å². The summed E-state index contributed by atoms with van der Waals surface area (Å²) in [7, 11) is 0. The molecule has 1 fully saturated rings. The quantitative estimate of drug-likeness (QED) is 0.141. The number of thiocarbonyl (C=S) groups is 1. The number of nitrogens with zero attached hydrogens (tertiary/aromatic N) is 2. The van der Waals surface area contributed by atoms with Crippen LogP contribution in [0.4, 0.5) is 0 Å². The Morgan fingerprint density at radius 1 is 1.07 bits per heavy atom. The van der Waals surface area contributed by atoms with Gasteiger partial charge >= 0.3 is 11.9 Å². The Bertz CT molecular complexity index is 583. The van der Waals surface area contributed by atoms with Crippen molar-refractivity contribution >= 4 is 57.8 Å². The number of rotatable bonds is 10. The molecule has 0 spiro atoms. The van der Waals surface area contributed by atoms with E-state index >= 15 is 0 Å². The fourth-order valence-corrected chi connectivity index (χ4v) is 12.0. The van der Waals surface area contributed by atoms with E-state index in [0.29, 0.717) is 19.0 Å². The molecule has 28 heavy (non-hydrogen) atoms. The molecule has 0 saturated heterocycles. The molecule has 0 aromatic rings. The molecule has 0 N–H and O–H groups in total. The maximum absolute atomic E-state index is 12.9. The van der Waals surface area contributed by atoms with Crippen LogP contribution in [0.25, 0.3) is 0 Å². The standard InChI is InChI=1S/C19H35N2O3PS3/c1-5-9-15-28-25(27,20(6-2)17(22)19(23)24-8-4)21(7-3)18(26)16-13-11-10-12-14-16/h16H,5-15H2,1-4H3. The summed E-state index contributed by atoms with van der Waals surface area (Å²) in [6.45, 7) is 8.94. The second-order valence-corrected chi connectivity index (χ2v) is 14.4. The Balaban J connectivity index is 3.23. The van der Waals surface area contributed by atoms with Crippen LogP contribution in [0.3, 0.4) is 0 Å². The second-order valence-electron chi connectivity index (χ2n) is 6.81. The molecular formula is C19H35N2O3PS3. The highest BCUT2D eigenvalue weighted by Crippen LogP contribution is 2.65. The van der Waals surface area contributed by atoms with Crippen LogP contribution < -0.4 is 0 Å². The van der Waals surface area contributed by atoms with Crippen molar-refractivity contribution in [1.29, 1.82) is 0 Å². The minimum atomic E-state index is -2.60. The number of carbonyl (C=O) groups excluding carboxylic acids is 2. The summed E-state index contributed by atoms with van der Waals surface area (Å²) < 4.78 is 8.65. The number of hydrogen-bond acceptors (Lipinski definition) is 6. The minimum Gasteiger partial charge on any atom is -0.459 e. The number of ether oxygens (including phenoxy) is 1. The van der Waals surface area contributed by atoms with Gasteiger partial charge in [0.25, 0.3) is 0 Å². The molecule has 5 nitrogen and oxygen atoms in total. The van der Waals surface area contributed by atoms with E-state index in [0.717, 1.165) is 36.4 Å². The van der Waals surface area contributed by atoms with Crippen LogP contribution in [0.1, 0.15) is 72.6 Å². The van der Waals surface area contributed by atoms with E-state index in [4.69, 9.17) is 28.8 Å². The molecular weight excluding hydrogens is 431 g/mol. The second kappa shape index (κ2) is 13.2. The zero-order valence-corrected chi connectivity index (χ0v) is 21.0. The number of hydrogen-bond donors (Lipinski definition) is 0. The molecule has 1 unspecified atom stereocenters. The van der Waals surface area contributed by atoms with Crippen molar-refractivity contribution in [1.82, 2.24) is 9.34 Å². The van der Waals surface area contributed by atoms with Gasteiger partial charge in [0.15, 0.2) is 5.54 Å². The lowest BCUT2D eigenvalue weighted by Gasteiger charge is -2.44. The first-order chi connectivity index (χ1) is 13.4. The predicted molar refractivity (Wildman–Crippen MR) is 127 cm³/mol. The van der Waals surface area contributed by atoms with Crippen LogP contribution >= 0.6 is 29.1 Å². The first kappa shape index (κ1) is 25.9. The highest BCUT2D eigenvalue weighted by atomic mass is 32.9. The van der Waals surface area contributed by atoms with Crippen molar-refractivity contribution in [3.05, 3.63) is 0 Å². The normalized spacial score (nSPS) is 16.9. The van der Waals surface area contributed by atoms with E-state index in [2.05, 4.69) is 11.6 Å². The third-order valence-corrected chi connectivity index (χ3v) is 13.4. The van der Waals surface area contributed by atoms with Gasteiger partial charge in [-0.3, -0.25) is 9.46 Å². The molecule has 0 bridgehead atoms. The molecule has 9 heteroatoms. The van der Waals surface area contributed by atoms with E-state index in [9.17, 15) is 9.59 Å². The van der Waals surface area contributed by atoms with E-state index in [1.54, 1.807) is 23.0 Å². The van der Waals surface area contributed by atoms with Gasteiger partial charge in [-0.2, -0.15) is 0 Å². The van der Waals surface area contributed by atoms with Crippen molar-refractivity contribution in [2.24, 2.45) is 5.92 Å². The summed E-state index contributed by atoms with van der Waals surface area (Å²) >= 11 is 13.7. The Morgan fingerprint density at radius 2 is 1.68 bits per heavy atom. The van der Waals surface area contributed by atoms with Gasteiger partial charge in [0, 0.05) is 24.8 Å². The Hall–Kier alpha value is -0.170. The molecule has 0 heterocycles. The molecule has 1 aliphatic carbocycles. The smallest absolute Gasteiger partial charge is 0.397 e. The number of likely N-dealkylation sites (N-methyl/N-ethyl adjacent to an activating group) is 1. The van der Waals surface area contributed by atoms with Gasteiger partial charge < -0.3 is 9.41 Å². The summed E-state index contributed by atoms with van der Waals surface area (Å²) in [5, 5.41) is 0. The van der Waals surface area contributed by atoms with Crippen molar-refractivity contribution in [2.45, 2.75) is 72.6 Å². The SMILES string of the molecule is CCCCSP(=S)(N(CC)C(=O)C(=O)OCC)N(CC)C(=S)C1CCCCC1. The number of esters is 1. The van der Waals surface area contributed by atoms with E-state index < -0.39 is 17.4 Å². The Kier molecular flexibility index (Phi) is 12.2. The predicted octanol–water partition coefficient (Wildman–Crippen LogP) is 5.39. The number of carbonyl (C=O) groups is 2. The summed E-state index contributed by atoms with van der Waals surface area (Å²) in [6, 6.07) is 0. The lowest BCUT2D eigenvalue weighted by molar-refractivity contribution is -0.157. The molecule has 1 amide bonds. The largest absolute Gasteiger partial charge is 0.459 e.